The molecule has 1 unspecified atom stereocenters. The molecule has 20 heavy (non-hydrogen) atoms. The molecule has 2 N–H and O–H groups in total. The molecule has 0 spiro atoms. The van der Waals surface area contributed by atoms with Gasteiger partial charge in [-0.1, -0.05) is 23.7 Å². The van der Waals surface area contributed by atoms with Crippen LogP contribution in [0.2, 0.25) is 5.02 Å². The SMILES string of the molecule is CN=C(NCCc1ccc(Cl)cc1)NCC1CCCO1. The van der Waals surface area contributed by atoms with E-state index >= 15 is 0 Å². The molecule has 1 aromatic rings. The van der Waals surface area contributed by atoms with Gasteiger partial charge in [0.25, 0.3) is 0 Å². The van der Waals surface area contributed by atoms with Crippen molar-refractivity contribution in [3.05, 3.63) is 34.9 Å². The third-order valence-corrected chi connectivity index (χ3v) is 3.62. The minimum absolute atomic E-state index is 0.324. The molecule has 0 saturated carbocycles. The van der Waals surface area contributed by atoms with E-state index in [0.29, 0.717) is 6.10 Å². The molecule has 0 aromatic heterocycles. The van der Waals surface area contributed by atoms with Gasteiger partial charge in [-0.3, -0.25) is 4.99 Å². The van der Waals surface area contributed by atoms with Crippen molar-refractivity contribution in [2.24, 2.45) is 4.99 Å². The number of hydrogen-bond acceptors (Lipinski definition) is 2. The largest absolute Gasteiger partial charge is 0.376 e. The van der Waals surface area contributed by atoms with Gasteiger partial charge < -0.3 is 15.4 Å². The zero-order valence-electron chi connectivity index (χ0n) is 11.9. The number of nitrogens with one attached hydrogen (secondary N) is 2. The molecule has 110 valence electrons. The van der Waals surface area contributed by atoms with E-state index in [-0.39, 0.29) is 0 Å². The maximum Gasteiger partial charge on any atom is 0.191 e. The molecule has 0 bridgehead atoms. The number of ether oxygens (including phenoxy) is 1. The van der Waals surface area contributed by atoms with Crippen LogP contribution in [0.3, 0.4) is 0 Å². The van der Waals surface area contributed by atoms with Gasteiger partial charge in [0, 0.05) is 31.8 Å². The zero-order valence-corrected chi connectivity index (χ0v) is 12.6. The number of benzene rings is 1. The molecule has 1 atom stereocenters. The monoisotopic (exact) mass is 295 g/mol. The van der Waals surface area contributed by atoms with Gasteiger partial charge in [-0.15, -0.1) is 0 Å². The lowest BCUT2D eigenvalue weighted by atomic mass is 10.1. The van der Waals surface area contributed by atoms with E-state index in [1.807, 2.05) is 24.3 Å². The second kappa shape index (κ2) is 8.12. The standard InChI is InChI=1S/C15H22ClN3O/c1-17-15(19-11-14-3-2-10-20-14)18-9-8-12-4-6-13(16)7-5-12/h4-7,14H,2-3,8-11H2,1H3,(H2,17,18,19). The van der Waals surface area contributed by atoms with Gasteiger partial charge in [0.1, 0.15) is 0 Å². The summed E-state index contributed by atoms with van der Waals surface area (Å²) in [6, 6.07) is 7.93. The summed E-state index contributed by atoms with van der Waals surface area (Å²) in [4.78, 5) is 4.21. The van der Waals surface area contributed by atoms with Crippen molar-refractivity contribution in [3.8, 4) is 0 Å². The van der Waals surface area contributed by atoms with Gasteiger partial charge in [-0.05, 0) is 37.0 Å². The zero-order chi connectivity index (χ0) is 14.2. The second-order valence-corrected chi connectivity index (χ2v) is 5.33. The summed E-state index contributed by atoms with van der Waals surface area (Å²) in [5.41, 5.74) is 1.26. The molecule has 0 radical (unpaired) electrons. The van der Waals surface area contributed by atoms with Gasteiger partial charge in [0.2, 0.25) is 0 Å². The Morgan fingerprint density at radius 3 is 2.80 bits per heavy atom. The molecule has 0 aliphatic carbocycles. The molecular weight excluding hydrogens is 274 g/mol. The molecule has 2 rings (SSSR count). The summed E-state index contributed by atoms with van der Waals surface area (Å²) < 4.78 is 5.58. The minimum atomic E-state index is 0.324. The summed E-state index contributed by atoms with van der Waals surface area (Å²) in [5, 5.41) is 7.38. The molecule has 1 aliphatic heterocycles. The fourth-order valence-electron chi connectivity index (χ4n) is 2.21. The molecule has 1 saturated heterocycles. The van der Waals surface area contributed by atoms with E-state index in [1.165, 1.54) is 5.56 Å². The Hall–Kier alpha value is -1.26. The van der Waals surface area contributed by atoms with Crippen LogP contribution in [-0.4, -0.2) is 38.8 Å². The number of guanidine groups is 1. The maximum atomic E-state index is 5.87. The number of rotatable bonds is 5. The van der Waals surface area contributed by atoms with Crippen LogP contribution in [0.1, 0.15) is 18.4 Å². The highest BCUT2D eigenvalue weighted by Gasteiger charge is 2.15. The Bertz CT molecular complexity index is 427. The van der Waals surface area contributed by atoms with E-state index in [4.69, 9.17) is 16.3 Å². The topological polar surface area (TPSA) is 45.7 Å². The van der Waals surface area contributed by atoms with Gasteiger partial charge in [-0.25, -0.2) is 0 Å². The first kappa shape index (κ1) is 15.1. The Labute approximate surface area is 125 Å². The van der Waals surface area contributed by atoms with Crippen LogP contribution in [0.4, 0.5) is 0 Å². The van der Waals surface area contributed by atoms with Crippen LogP contribution in [0.25, 0.3) is 0 Å². The van der Waals surface area contributed by atoms with Crippen LogP contribution in [0.5, 0.6) is 0 Å². The highest BCUT2D eigenvalue weighted by atomic mass is 35.5. The van der Waals surface area contributed by atoms with E-state index in [0.717, 1.165) is 49.9 Å². The molecule has 1 fully saturated rings. The van der Waals surface area contributed by atoms with Gasteiger partial charge in [0.05, 0.1) is 6.10 Å². The predicted octanol–water partition coefficient (Wildman–Crippen LogP) is 2.23. The number of nitrogens with zero attached hydrogens (tertiary/aromatic N) is 1. The third kappa shape index (κ3) is 5.02. The summed E-state index contributed by atoms with van der Waals surface area (Å²) in [6.07, 6.45) is 3.56. The average molecular weight is 296 g/mol. The van der Waals surface area contributed by atoms with Gasteiger partial charge in [0.15, 0.2) is 5.96 Å². The molecule has 0 amide bonds. The quantitative estimate of drug-likeness (QED) is 0.647. The van der Waals surface area contributed by atoms with E-state index in [1.54, 1.807) is 7.05 Å². The summed E-state index contributed by atoms with van der Waals surface area (Å²) in [6.45, 7) is 2.54. The van der Waals surface area contributed by atoms with E-state index in [2.05, 4.69) is 15.6 Å². The highest BCUT2D eigenvalue weighted by molar-refractivity contribution is 6.30. The lowest BCUT2D eigenvalue weighted by molar-refractivity contribution is 0.114. The third-order valence-electron chi connectivity index (χ3n) is 3.36. The molecule has 4 nitrogen and oxygen atoms in total. The number of halogens is 1. The molecular formula is C15H22ClN3O. The molecule has 1 heterocycles. The molecule has 5 heteroatoms. The smallest absolute Gasteiger partial charge is 0.191 e. The van der Waals surface area contributed by atoms with Crippen LogP contribution in [0, 0.1) is 0 Å². The number of aliphatic imine (C=N–C) groups is 1. The van der Waals surface area contributed by atoms with Crippen LogP contribution in [-0.2, 0) is 11.2 Å². The highest BCUT2D eigenvalue weighted by Crippen LogP contribution is 2.10. The van der Waals surface area contributed by atoms with E-state index in [9.17, 15) is 0 Å². The molecule has 1 aromatic carbocycles. The van der Waals surface area contributed by atoms with Gasteiger partial charge in [-0.2, -0.15) is 0 Å². The normalized spacial score (nSPS) is 19.1. The Morgan fingerprint density at radius 2 is 2.15 bits per heavy atom. The Morgan fingerprint density at radius 1 is 1.35 bits per heavy atom. The van der Waals surface area contributed by atoms with E-state index < -0.39 is 0 Å². The fraction of sp³-hybridized carbons (Fsp3) is 0.533. The summed E-state index contributed by atoms with van der Waals surface area (Å²) in [5.74, 6) is 0.828. The molecule has 1 aliphatic rings. The van der Waals surface area contributed by atoms with Crippen molar-refractivity contribution in [2.75, 3.05) is 26.7 Å². The van der Waals surface area contributed by atoms with Crippen molar-refractivity contribution in [1.29, 1.82) is 0 Å². The summed E-state index contributed by atoms with van der Waals surface area (Å²) in [7, 11) is 1.78. The Balaban J connectivity index is 1.66. The first-order valence-electron chi connectivity index (χ1n) is 7.08. The van der Waals surface area contributed by atoms with Crippen LogP contribution >= 0.6 is 11.6 Å². The summed E-state index contributed by atoms with van der Waals surface area (Å²) >= 11 is 5.87. The van der Waals surface area contributed by atoms with Crippen molar-refractivity contribution in [2.45, 2.75) is 25.4 Å². The second-order valence-electron chi connectivity index (χ2n) is 4.89. The minimum Gasteiger partial charge on any atom is -0.376 e. The van der Waals surface area contributed by atoms with Gasteiger partial charge >= 0.3 is 0 Å². The predicted molar refractivity (Wildman–Crippen MR) is 83.5 cm³/mol. The fourth-order valence-corrected chi connectivity index (χ4v) is 2.34. The first-order valence-corrected chi connectivity index (χ1v) is 7.46. The lowest BCUT2D eigenvalue weighted by Crippen LogP contribution is -2.41. The van der Waals surface area contributed by atoms with Crippen LogP contribution in [0.15, 0.2) is 29.3 Å². The van der Waals surface area contributed by atoms with Crippen molar-refractivity contribution in [3.63, 3.8) is 0 Å². The lowest BCUT2D eigenvalue weighted by Gasteiger charge is -2.15. The Kier molecular flexibility index (Phi) is 6.15. The van der Waals surface area contributed by atoms with Crippen molar-refractivity contribution in [1.82, 2.24) is 10.6 Å². The first-order chi connectivity index (χ1) is 9.78. The van der Waals surface area contributed by atoms with Crippen molar-refractivity contribution < 1.29 is 4.74 Å². The number of hydrogen-bond donors (Lipinski definition) is 2. The van der Waals surface area contributed by atoms with Crippen LogP contribution < -0.4 is 10.6 Å². The maximum absolute atomic E-state index is 5.87. The van der Waals surface area contributed by atoms with Crippen molar-refractivity contribution >= 4 is 17.6 Å². The average Bonchev–Trinajstić information content (AvgIpc) is 2.98.